The van der Waals surface area contributed by atoms with Gasteiger partial charge in [-0.2, -0.15) is 19.2 Å². The molecule has 0 bridgehead atoms. The predicted molar refractivity (Wildman–Crippen MR) is 155 cm³/mol. The van der Waals surface area contributed by atoms with Crippen LogP contribution in [0.3, 0.4) is 0 Å². The van der Waals surface area contributed by atoms with Crippen LogP contribution in [-0.2, 0) is 10.2 Å². The molecule has 1 fully saturated rings. The molecule has 2 heterocycles. The van der Waals surface area contributed by atoms with Gasteiger partial charge in [-0.25, -0.2) is 17.1 Å². The second kappa shape index (κ2) is 21.2. The van der Waals surface area contributed by atoms with E-state index in [1.54, 1.807) is 12.3 Å². The molecule has 41 heavy (non-hydrogen) atoms. The number of carbonyl (C=O) groups is 1. The van der Waals surface area contributed by atoms with Crippen LogP contribution in [-0.4, -0.2) is 34.1 Å². The zero-order valence-corrected chi connectivity index (χ0v) is 30.2. The fourth-order valence-electron chi connectivity index (χ4n) is 4.22. The van der Waals surface area contributed by atoms with Gasteiger partial charge in [0.15, 0.2) is 0 Å². The van der Waals surface area contributed by atoms with Gasteiger partial charge in [0.2, 0.25) is 11.8 Å². The molecule has 2 unspecified atom stereocenters. The third-order valence-corrected chi connectivity index (χ3v) is 7.38. The molecule has 1 aliphatic carbocycles. The molecular weight excluding hydrogens is 626 g/mol. The number of hydrogen-bond donors (Lipinski definition) is 1. The van der Waals surface area contributed by atoms with Crippen molar-refractivity contribution >= 4 is 21.8 Å². The molecule has 1 aliphatic rings. The number of amides is 1. The third-order valence-electron chi connectivity index (χ3n) is 6.95. The molecule has 2 atom stereocenters. The van der Waals surface area contributed by atoms with Crippen LogP contribution in [0.25, 0.3) is 0 Å². The zero-order valence-electron chi connectivity index (χ0n) is 25.5. The maximum absolute atomic E-state index is 12.8. The third kappa shape index (κ3) is 14.6. The topological polar surface area (TPSA) is 108 Å². The van der Waals surface area contributed by atoms with Gasteiger partial charge >= 0.3 is 57.6 Å². The van der Waals surface area contributed by atoms with Crippen molar-refractivity contribution in [1.29, 1.82) is 0 Å². The molecule has 0 aromatic carbocycles. The Bertz CT molecular complexity index is 994. The molecule has 0 saturated heterocycles. The van der Waals surface area contributed by atoms with Crippen LogP contribution in [0, 0.1) is 30.7 Å². The van der Waals surface area contributed by atoms with Crippen LogP contribution in [0.4, 0.5) is 13.2 Å². The van der Waals surface area contributed by atoms with E-state index in [0.29, 0.717) is 24.9 Å². The van der Waals surface area contributed by atoms with E-state index in [9.17, 15) is 18.0 Å². The number of primary amides is 1. The summed E-state index contributed by atoms with van der Waals surface area (Å²) in [5.41, 5.74) is 4.76. The van der Waals surface area contributed by atoms with Crippen molar-refractivity contribution in [1.82, 2.24) is 9.97 Å². The van der Waals surface area contributed by atoms with Gasteiger partial charge in [-0.1, -0.05) is 46.7 Å². The Hall–Kier alpha value is -0.564. The van der Waals surface area contributed by atoms with Crippen LogP contribution in [0.5, 0.6) is 5.88 Å². The average molecular weight is 672 g/mol. The molecule has 0 aliphatic heterocycles. The largest absolute Gasteiger partial charge is 1.00 e. The maximum atomic E-state index is 12.8. The zero-order chi connectivity index (χ0) is 29.6. The first-order valence-electron chi connectivity index (χ1n) is 13.7. The number of rotatable bonds is 10. The number of halogens is 4. The number of alkyl halides is 3. The minimum atomic E-state index is -4.20. The van der Waals surface area contributed by atoms with E-state index in [0.717, 1.165) is 35.2 Å². The Labute approximate surface area is 295 Å². The van der Waals surface area contributed by atoms with Crippen LogP contribution in [0.15, 0.2) is 35.1 Å². The summed E-state index contributed by atoms with van der Waals surface area (Å²) in [5.74, 6) is 1.95. The van der Waals surface area contributed by atoms with Gasteiger partial charge in [0, 0.05) is 22.2 Å². The first kappa shape index (κ1) is 42.6. The van der Waals surface area contributed by atoms with Crippen molar-refractivity contribution in [3.8, 4) is 5.88 Å². The Kier molecular flexibility index (Phi) is 22.0. The van der Waals surface area contributed by atoms with Gasteiger partial charge in [-0.3, -0.25) is 9.78 Å². The molecule has 228 valence electrons. The number of hydrogen-bond acceptors (Lipinski definition) is 5. The predicted octanol–water partition coefficient (Wildman–Crippen LogP) is 5.20. The van der Waals surface area contributed by atoms with Crippen LogP contribution >= 0.6 is 15.9 Å². The van der Waals surface area contributed by atoms with Crippen LogP contribution in [0.1, 0.15) is 90.8 Å². The second-order valence-corrected chi connectivity index (χ2v) is 11.5. The van der Waals surface area contributed by atoms with Gasteiger partial charge in [0.25, 0.3) is 0 Å². The summed E-state index contributed by atoms with van der Waals surface area (Å²) in [4.78, 5) is 19.0. The number of carbonyl (C=O) groups excluding carboxylic acids is 1. The quantitative estimate of drug-likeness (QED) is 0.276. The fourth-order valence-corrected chi connectivity index (χ4v) is 4.67. The standard InChI is InChI=1S/C12H25NO.C10H9F3N.C8H10BrNO.K.H2O/c1-5-10(4)6-7-11(12(13)14)8-9(2)3;11-10(12,13)9(5-3-6-9)8-4-1-2-7-14-8;1-3-11-8-6(2)4-7(9)5-10-8;;/h9-11H,5-8H2,1-4H3,(H2,13,14);1-2,7H,3,5-6H2;4-5H,3H2,1-2H3;;1H2/q;-1;;+1;/p-1. The summed E-state index contributed by atoms with van der Waals surface area (Å²) in [6.07, 6.45) is 4.03. The van der Waals surface area contributed by atoms with Gasteiger partial charge in [-0.15, -0.1) is 0 Å². The Balaban J connectivity index is 0. The van der Waals surface area contributed by atoms with Gasteiger partial charge < -0.3 is 15.9 Å². The molecule has 0 radical (unpaired) electrons. The summed E-state index contributed by atoms with van der Waals surface area (Å²) >= 11 is 3.33. The average Bonchev–Trinajstić information content (AvgIpc) is 2.83. The van der Waals surface area contributed by atoms with Crippen molar-refractivity contribution in [2.75, 3.05) is 6.61 Å². The van der Waals surface area contributed by atoms with E-state index in [2.05, 4.69) is 59.7 Å². The Morgan fingerprint density at radius 2 is 1.83 bits per heavy atom. The van der Waals surface area contributed by atoms with E-state index < -0.39 is 11.6 Å². The molecule has 0 spiro atoms. The number of nitrogens with zero attached hydrogens (tertiary/aromatic N) is 2. The van der Waals surface area contributed by atoms with Gasteiger partial charge in [-0.05, 0) is 85.5 Å². The summed E-state index contributed by atoms with van der Waals surface area (Å²) in [6.45, 7) is 13.3. The van der Waals surface area contributed by atoms with Crippen molar-refractivity contribution in [2.24, 2.45) is 23.5 Å². The van der Waals surface area contributed by atoms with Crippen molar-refractivity contribution in [2.45, 2.75) is 98.1 Å². The minimum absolute atomic E-state index is 0. The summed E-state index contributed by atoms with van der Waals surface area (Å²) in [7, 11) is 0. The molecule has 3 N–H and O–H groups in total. The molecule has 11 heteroatoms. The van der Waals surface area contributed by atoms with E-state index in [4.69, 9.17) is 10.5 Å². The molecule has 6 nitrogen and oxygen atoms in total. The number of aryl methyl sites for hydroxylation is 1. The molecule has 2 aromatic rings. The van der Waals surface area contributed by atoms with E-state index in [1.807, 2.05) is 19.9 Å². The minimum Gasteiger partial charge on any atom is -0.870 e. The van der Waals surface area contributed by atoms with Gasteiger partial charge in [0.1, 0.15) is 0 Å². The first-order chi connectivity index (χ1) is 18.3. The number of pyridine rings is 2. The fraction of sp³-hybridized carbons (Fsp3) is 0.633. The van der Waals surface area contributed by atoms with Crippen LogP contribution < -0.4 is 61.9 Å². The van der Waals surface area contributed by atoms with E-state index >= 15 is 0 Å². The monoisotopic (exact) mass is 670 g/mol. The smallest absolute Gasteiger partial charge is 0.870 e. The summed E-state index contributed by atoms with van der Waals surface area (Å²) < 4.78 is 44.6. The molecule has 1 amide bonds. The number of ether oxygens (including phenoxy) is 1. The maximum Gasteiger partial charge on any atom is 1.00 e. The summed E-state index contributed by atoms with van der Waals surface area (Å²) in [6, 6.07) is 7.63. The number of aromatic nitrogens is 2. The van der Waals surface area contributed by atoms with Crippen molar-refractivity contribution < 1.29 is 79.6 Å². The van der Waals surface area contributed by atoms with E-state index in [1.165, 1.54) is 18.7 Å². The Morgan fingerprint density at radius 1 is 1.20 bits per heavy atom. The second-order valence-electron chi connectivity index (χ2n) is 10.6. The SMILES string of the molecule is CCC(C)CCC(CC(C)C)C(N)=O.CCOc1ncc(Br)cc1C.FC(F)(F)C1(c2[c-]cccn2)CCC1.[K+].[OH-]. The normalized spacial score (nSPS) is 14.8. The Morgan fingerprint density at radius 3 is 2.22 bits per heavy atom. The van der Waals surface area contributed by atoms with E-state index in [-0.39, 0.29) is 87.2 Å². The summed E-state index contributed by atoms with van der Waals surface area (Å²) in [5, 5.41) is 0. The van der Waals surface area contributed by atoms with Crippen molar-refractivity contribution in [3.63, 3.8) is 0 Å². The number of nitrogens with two attached hydrogens (primary N) is 1. The van der Waals surface area contributed by atoms with Crippen LogP contribution in [0.2, 0.25) is 0 Å². The molecule has 3 rings (SSSR count). The molecular formula is C30H45BrF3KN3O3-. The molecule has 2 aromatic heterocycles. The molecule has 1 saturated carbocycles. The van der Waals surface area contributed by atoms with Gasteiger partial charge in [0.05, 0.1) is 12.0 Å². The first-order valence-corrected chi connectivity index (χ1v) is 14.5. The van der Waals surface area contributed by atoms with Crippen molar-refractivity contribution in [3.05, 3.63) is 52.4 Å².